The zero-order chi connectivity index (χ0) is 11.8. The van der Waals surface area contributed by atoms with E-state index in [0.717, 1.165) is 5.52 Å². The van der Waals surface area contributed by atoms with Crippen molar-refractivity contribution in [2.45, 2.75) is 18.6 Å². The summed E-state index contributed by atoms with van der Waals surface area (Å²) in [5.41, 5.74) is 1.29. The number of aromatic nitrogens is 4. The van der Waals surface area contributed by atoms with Crippen molar-refractivity contribution in [3.8, 4) is 0 Å². The van der Waals surface area contributed by atoms with Crippen molar-refractivity contribution in [2.75, 3.05) is 6.61 Å². The first kappa shape index (κ1) is 10.6. The van der Waals surface area contributed by atoms with Crippen molar-refractivity contribution in [3.05, 3.63) is 24.5 Å². The third-order valence-electron chi connectivity index (χ3n) is 2.72. The Labute approximate surface area is 96.5 Å². The maximum Gasteiger partial charge on any atom is 0.180 e. The van der Waals surface area contributed by atoms with Crippen LogP contribution in [-0.2, 0) is 4.74 Å². The van der Waals surface area contributed by atoms with E-state index in [-0.39, 0.29) is 6.61 Å². The molecule has 0 unspecified atom stereocenters. The first-order valence-electron chi connectivity index (χ1n) is 5.26. The molecule has 2 aromatic heterocycles. The number of H-pyrrole nitrogens is 1. The molecule has 0 amide bonds. The third kappa shape index (κ3) is 1.78. The lowest BCUT2D eigenvalue weighted by Crippen LogP contribution is -2.24. The molecular weight excluding hydrogens is 224 g/mol. The predicted molar refractivity (Wildman–Crippen MR) is 56.6 cm³/mol. The summed E-state index contributed by atoms with van der Waals surface area (Å²) < 4.78 is 5.39. The third-order valence-corrected chi connectivity index (χ3v) is 2.72. The summed E-state index contributed by atoms with van der Waals surface area (Å²) >= 11 is 0. The van der Waals surface area contributed by atoms with E-state index in [1.165, 1.54) is 6.33 Å². The van der Waals surface area contributed by atoms with Gasteiger partial charge in [-0.25, -0.2) is 15.0 Å². The van der Waals surface area contributed by atoms with Gasteiger partial charge in [0, 0.05) is 6.42 Å². The molecule has 1 fully saturated rings. The highest BCUT2D eigenvalue weighted by Gasteiger charge is 2.37. The van der Waals surface area contributed by atoms with Crippen LogP contribution in [0.5, 0.6) is 0 Å². The largest absolute Gasteiger partial charge is 0.394 e. The van der Waals surface area contributed by atoms with Gasteiger partial charge in [-0.15, -0.1) is 0 Å². The summed E-state index contributed by atoms with van der Waals surface area (Å²) in [7, 11) is 0. The summed E-state index contributed by atoms with van der Waals surface area (Å²) in [5.74, 6) is 0.402. The van der Waals surface area contributed by atoms with Gasteiger partial charge in [0.05, 0.1) is 25.2 Å². The van der Waals surface area contributed by atoms with Crippen LogP contribution in [-0.4, -0.2) is 49.0 Å². The lowest BCUT2D eigenvalue weighted by Gasteiger charge is -2.09. The number of hydrogen-bond donors (Lipinski definition) is 3. The number of aliphatic hydroxyl groups excluding tert-OH is 2. The van der Waals surface area contributed by atoms with Crippen LogP contribution in [0.3, 0.4) is 0 Å². The molecule has 3 rings (SSSR count). The average molecular weight is 235 g/mol. The Bertz CT molecular complexity index is 529. The molecular formula is C10H11N4O3. The minimum Gasteiger partial charge on any atom is -0.394 e. The van der Waals surface area contributed by atoms with E-state index in [1.54, 1.807) is 6.20 Å². The number of aromatic amines is 1. The molecule has 2 atom stereocenters. The summed E-state index contributed by atoms with van der Waals surface area (Å²) in [6.07, 6.45) is 2.63. The van der Waals surface area contributed by atoms with E-state index in [1.807, 2.05) is 0 Å². The molecule has 0 aliphatic carbocycles. The van der Waals surface area contributed by atoms with Gasteiger partial charge in [-0.3, -0.25) is 0 Å². The maximum absolute atomic E-state index is 9.61. The van der Waals surface area contributed by atoms with E-state index in [2.05, 4.69) is 19.9 Å². The molecule has 0 bridgehead atoms. The van der Waals surface area contributed by atoms with Crippen LogP contribution in [0.15, 0.2) is 12.5 Å². The number of nitrogens with one attached hydrogen (secondary N) is 1. The molecule has 1 radical (unpaired) electrons. The molecule has 89 valence electrons. The first-order chi connectivity index (χ1) is 8.28. The Kier molecular flexibility index (Phi) is 2.50. The van der Waals surface area contributed by atoms with Crippen LogP contribution in [0.2, 0.25) is 0 Å². The molecule has 1 aliphatic rings. The van der Waals surface area contributed by atoms with Crippen LogP contribution >= 0.6 is 0 Å². The predicted octanol–water partition coefficient (Wildman–Crippen LogP) is -0.625. The molecule has 0 aromatic carbocycles. The molecule has 0 saturated carbocycles. The molecule has 2 aromatic rings. The summed E-state index contributed by atoms with van der Waals surface area (Å²) in [5, 5.41) is 18.6. The smallest absolute Gasteiger partial charge is 0.180 e. The van der Waals surface area contributed by atoms with Crippen LogP contribution < -0.4 is 0 Å². The van der Waals surface area contributed by atoms with Crippen molar-refractivity contribution in [1.82, 2.24) is 19.9 Å². The molecule has 1 saturated heterocycles. The minimum absolute atomic E-state index is 0.227. The normalized spacial score (nSPS) is 25.8. The molecule has 17 heavy (non-hydrogen) atoms. The van der Waals surface area contributed by atoms with Gasteiger partial charge >= 0.3 is 0 Å². The van der Waals surface area contributed by atoms with Gasteiger partial charge in [0.1, 0.15) is 11.6 Å². The molecule has 0 spiro atoms. The Morgan fingerprint density at radius 1 is 1.47 bits per heavy atom. The van der Waals surface area contributed by atoms with Gasteiger partial charge in [0.15, 0.2) is 17.6 Å². The van der Waals surface area contributed by atoms with Gasteiger partial charge in [-0.05, 0) is 0 Å². The SMILES string of the molecule is OC[C@H]1O[C](c2ncc3[nH]cnc3n2)C[C@@H]1O. The van der Waals surface area contributed by atoms with E-state index < -0.39 is 12.2 Å². The van der Waals surface area contributed by atoms with Gasteiger partial charge < -0.3 is 19.9 Å². The lowest BCUT2D eigenvalue weighted by molar-refractivity contribution is 0.00853. The van der Waals surface area contributed by atoms with Crippen molar-refractivity contribution < 1.29 is 14.9 Å². The number of aliphatic hydroxyl groups is 2. The van der Waals surface area contributed by atoms with Crippen molar-refractivity contribution in [3.63, 3.8) is 0 Å². The molecule has 7 nitrogen and oxygen atoms in total. The Morgan fingerprint density at radius 3 is 3.12 bits per heavy atom. The fourth-order valence-electron chi connectivity index (χ4n) is 1.80. The molecule has 3 N–H and O–H groups in total. The monoisotopic (exact) mass is 235 g/mol. The zero-order valence-corrected chi connectivity index (χ0v) is 8.87. The summed E-state index contributed by atoms with van der Waals surface area (Å²) in [6.45, 7) is -0.227. The van der Waals surface area contributed by atoms with Crippen LogP contribution in [0.4, 0.5) is 0 Å². The number of rotatable bonds is 2. The first-order valence-corrected chi connectivity index (χ1v) is 5.26. The molecule has 1 aliphatic heterocycles. The van der Waals surface area contributed by atoms with Crippen molar-refractivity contribution in [1.29, 1.82) is 0 Å². The number of imidazole rings is 1. The minimum atomic E-state index is -0.714. The van der Waals surface area contributed by atoms with Gasteiger partial charge in [-0.2, -0.15) is 0 Å². The summed E-state index contributed by atoms with van der Waals surface area (Å²) in [4.78, 5) is 15.3. The highest BCUT2D eigenvalue weighted by atomic mass is 16.5. The Hall–Kier alpha value is -1.57. The van der Waals surface area contributed by atoms with Gasteiger partial charge in [0.25, 0.3) is 0 Å². The van der Waals surface area contributed by atoms with Crippen LogP contribution in [0, 0.1) is 6.10 Å². The number of hydrogen-bond acceptors (Lipinski definition) is 6. The van der Waals surface area contributed by atoms with Crippen molar-refractivity contribution in [2.24, 2.45) is 0 Å². The second-order valence-electron chi connectivity index (χ2n) is 3.87. The molecule has 7 heteroatoms. The topological polar surface area (TPSA) is 104 Å². The average Bonchev–Trinajstić information content (AvgIpc) is 2.93. The standard InChI is InChI=1S/C10H11N4O3/c15-3-8-6(16)1-7(17-8)10-11-2-5-9(14-10)13-4-12-5/h2,4,6,8,15-16H,1,3H2,(H,11,12,13,14)/t6-,8+/m0/s1. The lowest BCUT2D eigenvalue weighted by atomic mass is 10.1. The second-order valence-corrected chi connectivity index (χ2v) is 3.87. The van der Waals surface area contributed by atoms with Crippen molar-refractivity contribution >= 4 is 11.2 Å². The van der Waals surface area contributed by atoms with Gasteiger partial charge in [0.2, 0.25) is 0 Å². The van der Waals surface area contributed by atoms with E-state index >= 15 is 0 Å². The Morgan fingerprint density at radius 2 is 2.35 bits per heavy atom. The Balaban J connectivity index is 1.89. The van der Waals surface area contributed by atoms with E-state index in [0.29, 0.717) is 24.0 Å². The van der Waals surface area contributed by atoms with Crippen LogP contribution in [0.25, 0.3) is 11.2 Å². The second kappa shape index (κ2) is 4.02. The van der Waals surface area contributed by atoms with E-state index in [9.17, 15) is 5.11 Å². The maximum atomic E-state index is 9.61. The highest BCUT2D eigenvalue weighted by Crippen LogP contribution is 2.30. The fourth-order valence-corrected chi connectivity index (χ4v) is 1.80. The quantitative estimate of drug-likeness (QED) is 0.640. The zero-order valence-electron chi connectivity index (χ0n) is 8.87. The fraction of sp³-hybridized carbons (Fsp3) is 0.400. The van der Waals surface area contributed by atoms with Crippen LogP contribution in [0.1, 0.15) is 12.2 Å². The molecule has 3 heterocycles. The summed E-state index contributed by atoms with van der Waals surface area (Å²) in [6, 6.07) is 0. The van der Waals surface area contributed by atoms with Gasteiger partial charge in [-0.1, -0.05) is 0 Å². The highest BCUT2D eigenvalue weighted by molar-refractivity contribution is 5.68. The van der Waals surface area contributed by atoms with E-state index in [4.69, 9.17) is 9.84 Å². The number of fused-ring (bicyclic) bond motifs is 1. The number of nitrogens with zero attached hydrogens (tertiary/aromatic N) is 3. The number of ether oxygens (including phenoxy) is 1.